The molecule has 23 heavy (non-hydrogen) atoms. The Bertz CT molecular complexity index is 502. The molecule has 0 aliphatic carbocycles. The van der Waals surface area contributed by atoms with E-state index in [0.717, 1.165) is 10.0 Å². The standard InChI is InChI=1S/C16H24BrNO5/c1-16(2,3)23-15(19)18-10-12-5-6-14(13(17)9-12)22-11-21-8-7-20-4/h5-6,9H,7-8,10-11H2,1-4H3,(H,18,19). The van der Waals surface area contributed by atoms with Crippen molar-refractivity contribution in [1.29, 1.82) is 0 Å². The van der Waals surface area contributed by atoms with E-state index < -0.39 is 11.7 Å². The van der Waals surface area contributed by atoms with E-state index in [-0.39, 0.29) is 6.79 Å². The van der Waals surface area contributed by atoms with Gasteiger partial charge in [0.05, 0.1) is 17.7 Å². The quantitative estimate of drug-likeness (QED) is 0.544. The first-order chi connectivity index (χ1) is 10.8. The van der Waals surface area contributed by atoms with Crippen LogP contribution in [0.2, 0.25) is 0 Å². The Morgan fingerprint density at radius 2 is 2.00 bits per heavy atom. The molecule has 1 aromatic rings. The minimum atomic E-state index is -0.509. The average Bonchev–Trinajstić information content (AvgIpc) is 2.45. The van der Waals surface area contributed by atoms with Crippen LogP contribution in [0.15, 0.2) is 22.7 Å². The van der Waals surface area contributed by atoms with Crippen LogP contribution in [0.4, 0.5) is 4.79 Å². The number of halogens is 1. The van der Waals surface area contributed by atoms with Crippen LogP contribution in [0.25, 0.3) is 0 Å². The number of ether oxygens (including phenoxy) is 4. The van der Waals surface area contributed by atoms with Gasteiger partial charge in [-0.15, -0.1) is 0 Å². The van der Waals surface area contributed by atoms with Crippen LogP contribution in [-0.4, -0.2) is 38.8 Å². The number of benzene rings is 1. The van der Waals surface area contributed by atoms with Gasteiger partial charge in [0.2, 0.25) is 0 Å². The van der Waals surface area contributed by atoms with E-state index in [9.17, 15) is 4.79 Å². The van der Waals surface area contributed by atoms with E-state index >= 15 is 0 Å². The average molecular weight is 390 g/mol. The van der Waals surface area contributed by atoms with Gasteiger partial charge in [-0.2, -0.15) is 0 Å². The molecule has 130 valence electrons. The number of nitrogens with one attached hydrogen (secondary N) is 1. The zero-order chi connectivity index (χ0) is 17.3. The summed E-state index contributed by atoms with van der Waals surface area (Å²) < 4.78 is 21.6. The molecule has 1 amide bonds. The second kappa shape index (κ2) is 9.75. The van der Waals surface area contributed by atoms with Gasteiger partial charge in [0.15, 0.2) is 6.79 Å². The van der Waals surface area contributed by atoms with Crippen LogP contribution in [0.3, 0.4) is 0 Å². The van der Waals surface area contributed by atoms with Crippen LogP contribution in [0.5, 0.6) is 5.75 Å². The monoisotopic (exact) mass is 389 g/mol. The van der Waals surface area contributed by atoms with Gasteiger partial charge in [0, 0.05) is 13.7 Å². The van der Waals surface area contributed by atoms with Crippen molar-refractivity contribution in [2.75, 3.05) is 27.1 Å². The summed E-state index contributed by atoms with van der Waals surface area (Å²) in [4.78, 5) is 11.6. The van der Waals surface area contributed by atoms with Crippen molar-refractivity contribution in [3.63, 3.8) is 0 Å². The summed E-state index contributed by atoms with van der Waals surface area (Å²) in [5.74, 6) is 0.670. The van der Waals surface area contributed by atoms with Crippen molar-refractivity contribution in [2.45, 2.75) is 32.9 Å². The highest BCUT2D eigenvalue weighted by atomic mass is 79.9. The van der Waals surface area contributed by atoms with Gasteiger partial charge in [-0.3, -0.25) is 0 Å². The minimum Gasteiger partial charge on any atom is -0.466 e. The molecule has 1 rings (SSSR count). The number of amides is 1. The van der Waals surface area contributed by atoms with Crippen molar-refractivity contribution in [3.8, 4) is 5.75 Å². The summed E-state index contributed by atoms with van der Waals surface area (Å²) in [6, 6.07) is 5.56. The Labute approximate surface area is 145 Å². The van der Waals surface area contributed by atoms with E-state index in [1.807, 2.05) is 39.0 Å². The normalized spacial score (nSPS) is 11.2. The molecule has 0 aliphatic rings. The third-order valence-electron chi connectivity index (χ3n) is 2.56. The predicted molar refractivity (Wildman–Crippen MR) is 90.5 cm³/mol. The number of methoxy groups -OCH3 is 1. The largest absolute Gasteiger partial charge is 0.466 e. The first kappa shape index (κ1) is 19.7. The number of carbonyl (C=O) groups excluding carboxylic acids is 1. The van der Waals surface area contributed by atoms with Crippen molar-refractivity contribution in [2.24, 2.45) is 0 Å². The molecule has 7 heteroatoms. The van der Waals surface area contributed by atoms with E-state index in [0.29, 0.717) is 25.5 Å². The highest BCUT2D eigenvalue weighted by Gasteiger charge is 2.15. The lowest BCUT2D eigenvalue weighted by atomic mass is 10.2. The summed E-state index contributed by atoms with van der Waals surface area (Å²) in [5.41, 5.74) is 0.418. The molecule has 0 spiro atoms. The van der Waals surface area contributed by atoms with E-state index in [4.69, 9.17) is 18.9 Å². The minimum absolute atomic E-state index is 0.150. The van der Waals surface area contributed by atoms with Crippen molar-refractivity contribution < 1.29 is 23.7 Å². The van der Waals surface area contributed by atoms with Gasteiger partial charge in [-0.1, -0.05) is 6.07 Å². The molecular weight excluding hydrogens is 366 g/mol. The lowest BCUT2D eigenvalue weighted by molar-refractivity contribution is -0.00880. The van der Waals surface area contributed by atoms with Gasteiger partial charge in [-0.25, -0.2) is 4.79 Å². The van der Waals surface area contributed by atoms with Crippen LogP contribution in [0, 0.1) is 0 Å². The molecule has 1 aromatic carbocycles. The van der Waals surface area contributed by atoms with Gasteiger partial charge in [0.1, 0.15) is 11.4 Å². The first-order valence-corrected chi connectivity index (χ1v) is 8.06. The number of rotatable bonds is 8. The summed E-state index contributed by atoms with van der Waals surface area (Å²) in [6.45, 7) is 7.00. The molecular formula is C16H24BrNO5. The maximum atomic E-state index is 11.6. The van der Waals surface area contributed by atoms with Crippen molar-refractivity contribution in [1.82, 2.24) is 5.32 Å². The molecule has 0 unspecified atom stereocenters. The summed E-state index contributed by atoms with van der Waals surface area (Å²) in [5, 5.41) is 2.71. The van der Waals surface area contributed by atoms with Crippen LogP contribution in [0.1, 0.15) is 26.3 Å². The maximum absolute atomic E-state index is 11.6. The second-order valence-corrected chi connectivity index (χ2v) is 6.64. The molecule has 0 radical (unpaired) electrons. The Morgan fingerprint density at radius 3 is 2.61 bits per heavy atom. The van der Waals surface area contributed by atoms with E-state index in [1.54, 1.807) is 7.11 Å². The lowest BCUT2D eigenvalue weighted by Crippen LogP contribution is -2.32. The van der Waals surface area contributed by atoms with Gasteiger partial charge in [-0.05, 0) is 54.4 Å². The fourth-order valence-corrected chi connectivity index (χ4v) is 2.11. The van der Waals surface area contributed by atoms with Crippen molar-refractivity contribution in [3.05, 3.63) is 28.2 Å². The highest BCUT2D eigenvalue weighted by Crippen LogP contribution is 2.26. The molecule has 0 heterocycles. The Morgan fingerprint density at radius 1 is 1.26 bits per heavy atom. The Hall–Kier alpha value is -1.31. The van der Waals surface area contributed by atoms with Crippen LogP contribution >= 0.6 is 15.9 Å². The fraction of sp³-hybridized carbons (Fsp3) is 0.562. The van der Waals surface area contributed by atoms with Crippen LogP contribution in [-0.2, 0) is 20.8 Å². The molecule has 0 fully saturated rings. The molecule has 0 aliphatic heterocycles. The zero-order valence-electron chi connectivity index (χ0n) is 14.0. The lowest BCUT2D eigenvalue weighted by Gasteiger charge is -2.19. The SMILES string of the molecule is COCCOCOc1ccc(CNC(=O)OC(C)(C)C)cc1Br. The first-order valence-electron chi connectivity index (χ1n) is 7.26. The van der Waals surface area contributed by atoms with Gasteiger partial charge >= 0.3 is 6.09 Å². The molecule has 0 bridgehead atoms. The maximum Gasteiger partial charge on any atom is 0.407 e. The molecule has 1 N–H and O–H groups in total. The zero-order valence-corrected chi connectivity index (χ0v) is 15.6. The van der Waals surface area contributed by atoms with Gasteiger partial charge < -0.3 is 24.3 Å². The Balaban J connectivity index is 2.42. The summed E-state index contributed by atoms with van der Waals surface area (Å²) in [7, 11) is 1.62. The van der Waals surface area contributed by atoms with E-state index in [1.165, 1.54) is 0 Å². The number of alkyl carbamates (subject to hydrolysis) is 1. The van der Waals surface area contributed by atoms with E-state index in [2.05, 4.69) is 21.2 Å². The third-order valence-corrected chi connectivity index (χ3v) is 3.18. The van der Waals surface area contributed by atoms with Crippen LogP contribution < -0.4 is 10.1 Å². The Kier molecular flexibility index (Phi) is 8.36. The van der Waals surface area contributed by atoms with Crippen molar-refractivity contribution >= 4 is 22.0 Å². The number of hydrogen-bond acceptors (Lipinski definition) is 5. The second-order valence-electron chi connectivity index (χ2n) is 5.78. The third kappa shape index (κ3) is 8.78. The number of carbonyl (C=O) groups is 1. The molecule has 0 aromatic heterocycles. The molecule has 6 nitrogen and oxygen atoms in total. The smallest absolute Gasteiger partial charge is 0.407 e. The fourth-order valence-electron chi connectivity index (χ4n) is 1.57. The molecule has 0 atom stereocenters. The molecule has 0 saturated heterocycles. The number of hydrogen-bond donors (Lipinski definition) is 1. The highest BCUT2D eigenvalue weighted by molar-refractivity contribution is 9.10. The summed E-state index contributed by atoms with van der Waals surface area (Å²) >= 11 is 3.44. The van der Waals surface area contributed by atoms with Gasteiger partial charge in [0.25, 0.3) is 0 Å². The molecule has 0 saturated carbocycles. The summed E-state index contributed by atoms with van der Waals surface area (Å²) in [6.07, 6.45) is -0.444. The topological polar surface area (TPSA) is 66.0 Å². The predicted octanol–water partition coefficient (Wildman–Crippen LogP) is 3.47.